The fraction of sp³-hybridized carbons (Fsp3) is 0.394. The summed E-state index contributed by atoms with van der Waals surface area (Å²) in [6.45, 7) is 9.05. The van der Waals surface area contributed by atoms with Crippen LogP contribution in [0.3, 0.4) is 0 Å². The molecule has 10 nitrogen and oxygen atoms in total. The van der Waals surface area contributed by atoms with E-state index in [2.05, 4.69) is 39.3 Å². The second kappa shape index (κ2) is 13.6. The van der Waals surface area contributed by atoms with Gasteiger partial charge in [0.25, 0.3) is 0 Å². The number of nitrogens with one attached hydrogen (secondary N) is 2. The molecule has 2 amide bonds. The average molecular weight is 622 g/mol. The summed E-state index contributed by atoms with van der Waals surface area (Å²) in [5.74, 6) is -1.25. The quantitative estimate of drug-likeness (QED) is 0.227. The first kappa shape index (κ1) is 31.8. The maximum Gasteiger partial charge on any atom is 0.240 e. The van der Waals surface area contributed by atoms with Gasteiger partial charge in [0.1, 0.15) is 24.2 Å². The molecule has 0 spiro atoms. The van der Waals surface area contributed by atoms with Gasteiger partial charge >= 0.3 is 0 Å². The summed E-state index contributed by atoms with van der Waals surface area (Å²) in [6.07, 6.45) is 5.00. The predicted molar refractivity (Wildman–Crippen MR) is 165 cm³/mol. The van der Waals surface area contributed by atoms with Crippen LogP contribution in [-0.4, -0.2) is 60.0 Å². The Morgan fingerprint density at radius 2 is 1.76 bits per heavy atom. The molecule has 1 aromatic heterocycles. The predicted octanol–water partition coefficient (Wildman–Crippen LogP) is 5.90. The van der Waals surface area contributed by atoms with E-state index < -0.39 is 23.0 Å². The van der Waals surface area contributed by atoms with Gasteiger partial charge in [-0.2, -0.15) is 0 Å². The molecule has 0 bridgehead atoms. The average Bonchev–Trinajstić information content (AvgIpc) is 3.73. The van der Waals surface area contributed by atoms with Crippen LogP contribution in [0.2, 0.25) is 0 Å². The van der Waals surface area contributed by atoms with Crippen LogP contribution < -0.4 is 24.8 Å². The number of methoxy groups -OCH3 is 1. The van der Waals surface area contributed by atoms with E-state index in [4.69, 9.17) is 14.2 Å². The van der Waals surface area contributed by atoms with E-state index in [1.165, 1.54) is 37.7 Å². The van der Waals surface area contributed by atoms with Gasteiger partial charge < -0.3 is 29.7 Å². The van der Waals surface area contributed by atoms with Gasteiger partial charge in [0.2, 0.25) is 17.7 Å². The lowest BCUT2D eigenvalue weighted by Gasteiger charge is -2.19. The second-order valence-corrected chi connectivity index (χ2v) is 11.1. The molecule has 3 aromatic rings. The van der Waals surface area contributed by atoms with Gasteiger partial charge in [-0.1, -0.05) is 20.8 Å². The summed E-state index contributed by atoms with van der Waals surface area (Å²) in [6, 6.07) is 7.39. The molecule has 45 heavy (non-hydrogen) atoms. The largest absolute Gasteiger partial charge is 0.493 e. The van der Waals surface area contributed by atoms with Crippen molar-refractivity contribution in [3.05, 3.63) is 66.2 Å². The van der Waals surface area contributed by atoms with Gasteiger partial charge in [-0.25, -0.2) is 18.7 Å². The lowest BCUT2D eigenvalue weighted by molar-refractivity contribution is -0.134. The topological polar surface area (TPSA) is 115 Å². The molecule has 2 atom stereocenters. The highest BCUT2D eigenvalue weighted by Crippen LogP contribution is 2.53. The fourth-order valence-corrected chi connectivity index (χ4v) is 5.36. The zero-order chi connectivity index (χ0) is 32.1. The number of halogens is 2. The highest BCUT2D eigenvalue weighted by atomic mass is 19.1. The lowest BCUT2D eigenvalue weighted by Crippen LogP contribution is -2.41. The summed E-state index contributed by atoms with van der Waals surface area (Å²) in [7, 11) is 1.53. The second-order valence-electron chi connectivity index (χ2n) is 11.1. The number of hydrogen-bond donors (Lipinski definition) is 2. The Labute approximate surface area is 260 Å². The van der Waals surface area contributed by atoms with Gasteiger partial charge in [0.15, 0.2) is 23.1 Å². The highest BCUT2D eigenvalue weighted by Gasteiger charge is 2.63. The van der Waals surface area contributed by atoms with Crippen molar-refractivity contribution in [3.8, 4) is 23.1 Å². The Hall–Kier alpha value is -4.58. The Morgan fingerprint density at radius 3 is 2.40 bits per heavy atom. The molecule has 12 heteroatoms. The van der Waals surface area contributed by atoms with Crippen molar-refractivity contribution in [2.24, 2.45) is 11.3 Å². The SMILES string of the molecule is CCN(CC)CCOc1cc2ncnc(Oc3ccc(NC(=O)[C@]4(C(=O)NC5=CC=C(F)CC5)C[C@H]4C)cc3F)c2cc1OC. The molecule has 0 unspecified atom stereocenters. The minimum absolute atomic E-state index is 0.109. The number of anilines is 1. The van der Waals surface area contributed by atoms with Crippen molar-refractivity contribution in [2.75, 3.05) is 38.7 Å². The summed E-state index contributed by atoms with van der Waals surface area (Å²) in [5.41, 5.74) is -0.0536. The van der Waals surface area contributed by atoms with E-state index in [0.29, 0.717) is 47.5 Å². The Kier molecular flexibility index (Phi) is 9.62. The number of nitrogens with zero attached hydrogens (tertiary/aromatic N) is 3. The molecule has 2 N–H and O–H groups in total. The van der Waals surface area contributed by atoms with E-state index in [0.717, 1.165) is 25.7 Å². The van der Waals surface area contributed by atoms with Crippen LogP contribution in [0, 0.1) is 17.2 Å². The summed E-state index contributed by atoms with van der Waals surface area (Å²) in [5, 5.41) is 5.92. The van der Waals surface area contributed by atoms with Crippen molar-refractivity contribution in [3.63, 3.8) is 0 Å². The van der Waals surface area contributed by atoms with Crippen molar-refractivity contribution in [2.45, 2.75) is 40.0 Å². The zero-order valence-electron chi connectivity index (χ0n) is 25.8. The minimum Gasteiger partial charge on any atom is -0.493 e. The Morgan fingerprint density at radius 1 is 1.00 bits per heavy atom. The van der Waals surface area contributed by atoms with Crippen LogP contribution in [0.25, 0.3) is 10.9 Å². The van der Waals surface area contributed by atoms with E-state index in [1.54, 1.807) is 19.1 Å². The molecule has 2 aromatic carbocycles. The molecular weight excluding hydrogens is 584 g/mol. The number of ether oxygens (including phenoxy) is 3. The molecule has 2 aliphatic rings. The third-order valence-electron chi connectivity index (χ3n) is 8.33. The summed E-state index contributed by atoms with van der Waals surface area (Å²) >= 11 is 0. The number of hydrogen-bond acceptors (Lipinski definition) is 8. The van der Waals surface area contributed by atoms with Gasteiger partial charge in [-0.05, 0) is 62.2 Å². The number of aromatic nitrogens is 2. The number of carbonyl (C=O) groups excluding carboxylic acids is 2. The third kappa shape index (κ3) is 6.90. The molecular formula is C33H37F2N5O5. The maximum atomic E-state index is 15.3. The highest BCUT2D eigenvalue weighted by molar-refractivity contribution is 6.13. The van der Waals surface area contributed by atoms with Gasteiger partial charge in [-0.15, -0.1) is 0 Å². The van der Waals surface area contributed by atoms with Gasteiger partial charge in [0, 0.05) is 36.5 Å². The van der Waals surface area contributed by atoms with Gasteiger partial charge in [0.05, 0.1) is 18.0 Å². The van der Waals surface area contributed by atoms with Crippen molar-refractivity contribution in [1.82, 2.24) is 20.2 Å². The number of fused-ring (bicyclic) bond motifs is 1. The molecule has 238 valence electrons. The van der Waals surface area contributed by atoms with Gasteiger partial charge in [-0.3, -0.25) is 9.59 Å². The van der Waals surface area contributed by atoms with E-state index >= 15 is 4.39 Å². The number of likely N-dealkylation sites (N-methyl/N-ethyl adjacent to an activating group) is 1. The molecule has 1 saturated carbocycles. The normalized spacial score (nSPS) is 19.0. The van der Waals surface area contributed by atoms with Crippen molar-refractivity contribution in [1.29, 1.82) is 0 Å². The molecule has 1 fully saturated rings. The van der Waals surface area contributed by atoms with Crippen molar-refractivity contribution < 1.29 is 32.6 Å². The molecule has 1 heterocycles. The molecule has 0 aliphatic heterocycles. The molecule has 5 rings (SSSR count). The standard InChI is InChI=1S/C33H37F2N5O5/c1-5-40(6-2)13-14-44-29-17-26-24(16-28(29)43-4)30(37-19-36-26)45-27-12-11-23(15-25(27)35)39-32(42)33(18-20(33)3)31(41)38-22-9-7-21(34)8-10-22/h7,9,11-12,15-17,19-20H,5-6,8,10,13-14,18H2,1-4H3,(H,38,41)(H,39,42)/t20-,33-/m1/s1. The number of allylic oxidation sites excluding steroid dienone is 4. The minimum atomic E-state index is -1.29. The molecule has 0 saturated heterocycles. The molecule has 0 radical (unpaired) electrons. The monoisotopic (exact) mass is 621 g/mol. The van der Waals surface area contributed by atoms with Crippen LogP contribution in [0.15, 0.2) is 60.3 Å². The maximum absolute atomic E-state index is 15.3. The fourth-order valence-electron chi connectivity index (χ4n) is 5.36. The number of rotatable bonds is 13. The smallest absolute Gasteiger partial charge is 0.240 e. The van der Waals surface area contributed by atoms with Crippen LogP contribution in [0.5, 0.6) is 23.1 Å². The lowest BCUT2D eigenvalue weighted by atomic mass is 10.0. The first-order chi connectivity index (χ1) is 21.7. The Bertz CT molecular complexity index is 1660. The first-order valence-electron chi connectivity index (χ1n) is 15.0. The van der Waals surface area contributed by atoms with Crippen LogP contribution in [-0.2, 0) is 9.59 Å². The number of amides is 2. The van der Waals surface area contributed by atoms with Crippen LogP contribution >= 0.6 is 0 Å². The Balaban J connectivity index is 1.28. The van der Waals surface area contributed by atoms with E-state index in [9.17, 15) is 14.0 Å². The summed E-state index contributed by atoms with van der Waals surface area (Å²) in [4.78, 5) is 37.1. The number of carbonyl (C=O) groups is 2. The van der Waals surface area contributed by atoms with Crippen LogP contribution in [0.1, 0.15) is 40.0 Å². The molecule has 2 aliphatic carbocycles. The van der Waals surface area contributed by atoms with Crippen LogP contribution in [0.4, 0.5) is 14.5 Å². The summed E-state index contributed by atoms with van der Waals surface area (Å²) < 4.78 is 45.9. The number of benzene rings is 2. The zero-order valence-corrected chi connectivity index (χ0v) is 25.8. The van der Waals surface area contributed by atoms with E-state index in [1.807, 2.05) is 0 Å². The van der Waals surface area contributed by atoms with Crippen molar-refractivity contribution >= 4 is 28.4 Å². The first-order valence-corrected chi connectivity index (χ1v) is 15.0. The van der Waals surface area contributed by atoms with E-state index in [-0.39, 0.29) is 35.5 Å². The third-order valence-corrected chi connectivity index (χ3v) is 8.33.